The quantitative estimate of drug-likeness (QED) is 0.504. The molecule has 0 spiro atoms. The number of rotatable bonds is 4. The molecular weight excluding hydrogens is 409 g/mol. The number of ether oxygens (including phenoxy) is 1. The summed E-state index contributed by atoms with van der Waals surface area (Å²) in [7, 11) is 0. The Morgan fingerprint density at radius 1 is 1.19 bits per heavy atom. The molecule has 5 rings (SSSR count). The molecule has 1 unspecified atom stereocenters. The predicted octanol–water partition coefficient (Wildman–Crippen LogP) is 3.81. The van der Waals surface area contributed by atoms with Crippen LogP contribution in [0.5, 0.6) is 11.8 Å². The van der Waals surface area contributed by atoms with Gasteiger partial charge in [-0.3, -0.25) is 0 Å². The number of aryl methyl sites for hydroxylation is 2. The van der Waals surface area contributed by atoms with Crippen LogP contribution in [0.3, 0.4) is 0 Å². The molecule has 0 amide bonds. The average Bonchev–Trinajstić information content (AvgIpc) is 3.09. The number of hydrogen-bond acceptors (Lipinski definition) is 7. The van der Waals surface area contributed by atoms with Crippen LogP contribution < -0.4 is 15.8 Å². The average molecular weight is 433 g/mol. The zero-order chi connectivity index (χ0) is 22.2. The fourth-order valence-electron chi connectivity index (χ4n) is 4.42. The first-order valence-electron chi connectivity index (χ1n) is 10.6. The highest BCUT2D eigenvalue weighted by atomic mass is 19.1. The minimum Gasteiger partial charge on any atom is -0.421 e. The Morgan fingerprint density at radius 3 is 2.81 bits per heavy atom. The molecule has 1 aliphatic rings. The summed E-state index contributed by atoms with van der Waals surface area (Å²) in [5.41, 5.74) is 11.2. The minimum atomic E-state index is -0.518. The molecular formula is C23H24FN7O. The van der Waals surface area contributed by atoms with Crippen LogP contribution in [0, 0.1) is 19.7 Å². The van der Waals surface area contributed by atoms with Crippen molar-refractivity contribution in [3.8, 4) is 17.4 Å². The van der Waals surface area contributed by atoms with Crippen LogP contribution >= 0.6 is 0 Å². The first-order chi connectivity index (χ1) is 15.5. The lowest BCUT2D eigenvalue weighted by Gasteiger charge is -2.25. The largest absolute Gasteiger partial charge is 0.421 e. The maximum absolute atomic E-state index is 15.1. The highest BCUT2D eigenvalue weighted by Crippen LogP contribution is 2.37. The van der Waals surface area contributed by atoms with E-state index in [0.717, 1.165) is 48.4 Å². The molecule has 1 aliphatic heterocycles. The van der Waals surface area contributed by atoms with E-state index in [1.807, 2.05) is 18.4 Å². The van der Waals surface area contributed by atoms with Gasteiger partial charge >= 0.3 is 6.01 Å². The molecule has 3 N–H and O–H groups in total. The lowest BCUT2D eigenvalue weighted by molar-refractivity contribution is 0.409. The van der Waals surface area contributed by atoms with Gasteiger partial charge in [0.05, 0.1) is 5.52 Å². The van der Waals surface area contributed by atoms with Crippen LogP contribution in [0.25, 0.3) is 16.7 Å². The molecule has 1 atom stereocenters. The van der Waals surface area contributed by atoms with Gasteiger partial charge in [-0.05, 0) is 57.0 Å². The Balaban J connectivity index is 1.63. The highest BCUT2D eigenvalue weighted by molar-refractivity contribution is 5.91. The van der Waals surface area contributed by atoms with Gasteiger partial charge in [-0.15, -0.1) is 0 Å². The van der Waals surface area contributed by atoms with E-state index in [0.29, 0.717) is 17.0 Å². The molecule has 1 fully saturated rings. The monoisotopic (exact) mass is 433 g/mol. The highest BCUT2D eigenvalue weighted by Gasteiger charge is 2.27. The van der Waals surface area contributed by atoms with Crippen molar-refractivity contribution in [3.05, 3.63) is 59.6 Å². The molecule has 4 aromatic rings. The summed E-state index contributed by atoms with van der Waals surface area (Å²) in [5, 5.41) is 3.46. The molecule has 0 saturated carbocycles. The van der Waals surface area contributed by atoms with Crippen molar-refractivity contribution >= 4 is 16.9 Å². The van der Waals surface area contributed by atoms with Gasteiger partial charge in [0.2, 0.25) is 0 Å². The third-order valence-electron chi connectivity index (χ3n) is 5.89. The third-order valence-corrected chi connectivity index (χ3v) is 5.89. The van der Waals surface area contributed by atoms with Gasteiger partial charge in [0.25, 0.3) is 0 Å². The van der Waals surface area contributed by atoms with Crippen molar-refractivity contribution in [2.75, 3.05) is 18.8 Å². The van der Waals surface area contributed by atoms with Crippen molar-refractivity contribution in [2.45, 2.75) is 32.6 Å². The number of benzene rings is 1. The second-order valence-electron chi connectivity index (χ2n) is 8.04. The molecule has 0 bridgehead atoms. The van der Waals surface area contributed by atoms with Gasteiger partial charge < -0.3 is 20.4 Å². The van der Waals surface area contributed by atoms with Crippen LogP contribution in [0.4, 0.5) is 10.2 Å². The Morgan fingerprint density at radius 2 is 2.06 bits per heavy atom. The standard InChI is InChI=1S/C23H24FN7O/c1-13-7-9-27-23(30-13)32-18-6-5-16(10-17(18)24)31-20(15-4-3-8-26-11-15)14(2)19-21(31)22(25)29-12-28-19/h5-7,9-10,12,15,26H,3-4,8,11H2,1-2H3,(H2,25,28,29). The number of nitrogens with one attached hydrogen (secondary N) is 1. The van der Waals surface area contributed by atoms with E-state index >= 15 is 4.39 Å². The van der Waals surface area contributed by atoms with Gasteiger partial charge in [0.1, 0.15) is 11.8 Å². The van der Waals surface area contributed by atoms with Crippen molar-refractivity contribution in [1.82, 2.24) is 29.8 Å². The second kappa shape index (κ2) is 8.16. The first-order valence-corrected chi connectivity index (χ1v) is 10.6. The maximum Gasteiger partial charge on any atom is 0.322 e. The summed E-state index contributed by atoms with van der Waals surface area (Å²) in [6, 6.07) is 6.68. The molecule has 0 aliphatic carbocycles. The third kappa shape index (κ3) is 3.54. The summed E-state index contributed by atoms with van der Waals surface area (Å²) in [6.07, 6.45) is 5.15. The molecule has 164 valence electrons. The van der Waals surface area contributed by atoms with Gasteiger partial charge in [-0.2, -0.15) is 0 Å². The smallest absolute Gasteiger partial charge is 0.322 e. The van der Waals surface area contributed by atoms with E-state index in [2.05, 4.69) is 25.3 Å². The topological polar surface area (TPSA) is 104 Å². The van der Waals surface area contributed by atoms with Gasteiger partial charge in [-0.25, -0.2) is 24.3 Å². The first kappa shape index (κ1) is 20.3. The number of nitrogens with two attached hydrogens (primary N) is 1. The van der Waals surface area contributed by atoms with Crippen LogP contribution in [-0.2, 0) is 0 Å². The zero-order valence-corrected chi connectivity index (χ0v) is 18.0. The summed E-state index contributed by atoms with van der Waals surface area (Å²) >= 11 is 0. The molecule has 0 radical (unpaired) electrons. The number of anilines is 1. The molecule has 9 heteroatoms. The Bertz CT molecular complexity index is 1300. The SMILES string of the molecule is Cc1ccnc(Oc2ccc(-n3c(C4CCCNC4)c(C)c4ncnc(N)c43)cc2F)n1. The van der Waals surface area contributed by atoms with E-state index in [1.165, 1.54) is 12.4 Å². The molecule has 8 nitrogen and oxygen atoms in total. The fourth-order valence-corrected chi connectivity index (χ4v) is 4.42. The van der Waals surface area contributed by atoms with Crippen LogP contribution in [-0.4, -0.2) is 37.6 Å². The number of hydrogen-bond donors (Lipinski definition) is 2. The van der Waals surface area contributed by atoms with E-state index in [9.17, 15) is 0 Å². The zero-order valence-electron chi connectivity index (χ0n) is 18.0. The summed E-state index contributed by atoms with van der Waals surface area (Å²) < 4.78 is 22.7. The molecule has 1 aromatic carbocycles. The Kier molecular flexibility index (Phi) is 5.18. The molecule has 32 heavy (non-hydrogen) atoms. The van der Waals surface area contributed by atoms with Crippen molar-refractivity contribution in [3.63, 3.8) is 0 Å². The van der Waals surface area contributed by atoms with E-state index < -0.39 is 5.82 Å². The number of aromatic nitrogens is 5. The van der Waals surface area contributed by atoms with Crippen LogP contribution in [0.1, 0.15) is 35.7 Å². The fraction of sp³-hybridized carbons (Fsp3) is 0.304. The van der Waals surface area contributed by atoms with Crippen molar-refractivity contribution in [2.24, 2.45) is 0 Å². The lowest BCUT2D eigenvalue weighted by Crippen LogP contribution is -2.29. The van der Waals surface area contributed by atoms with Crippen LogP contribution in [0.2, 0.25) is 0 Å². The van der Waals surface area contributed by atoms with Crippen molar-refractivity contribution in [1.29, 1.82) is 0 Å². The van der Waals surface area contributed by atoms with E-state index in [-0.39, 0.29) is 17.7 Å². The number of piperidine rings is 1. The van der Waals surface area contributed by atoms with Crippen LogP contribution in [0.15, 0.2) is 36.8 Å². The number of fused-ring (bicyclic) bond motifs is 1. The number of nitrogens with zero attached hydrogens (tertiary/aromatic N) is 5. The predicted molar refractivity (Wildman–Crippen MR) is 120 cm³/mol. The number of nitrogen functional groups attached to an aromatic ring is 1. The van der Waals surface area contributed by atoms with E-state index in [1.54, 1.807) is 24.4 Å². The lowest BCUT2D eigenvalue weighted by atomic mass is 9.93. The second-order valence-corrected chi connectivity index (χ2v) is 8.04. The Hall–Kier alpha value is -3.59. The summed E-state index contributed by atoms with van der Waals surface area (Å²) in [5.74, 6) is 0.159. The Labute approximate surface area is 184 Å². The summed E-state index contributed by atoms with van der Waals surface area (Å²) in [4.78, 5) is 16.9. The van der Waals surface area contributed by atoms with Gasteiger partial charge in [0, 0.05) is 41.8 Å². The van der Waals surface area contributed by atoms with Gasteiger partial charge in [-0.1, -0.05) is 0 Å². The minimum absolute atomic E-state index is 0.0534. The normalized spacial score (nSPS) is 16.4. The summed E-state index contributed by atoms with van der Waals surface area (Å²) in [6.45, 7) is 5.71. The molecule has 4 heterocycles. The maximum atomic E-state index is 15.1. The molecule has 1 saturated heterocycles. The van der Waals surface area contributed by atoms with Crippen molar-refractivity contribution < 1.29 is 9.13 Å². The van der Waals surface area contributed by atoms with Gasteiger partial charge in [0.15, 0.2) is 17.4 Å². The van der Waals surface area contributed by atoms with E-state index in [4.69, 9.17) is 10.5 Å². The molecule has 3 aromatic heterocycles. The number of halogens is 1.